The third kappa shape index (κ3) is 4.97. The van der Waals surface area contributed by atoms with Crippen molar-refractivity contribution >= 4 is 17.3 Å². The van der Waals surface area contributed by atoms with Crippen molar-refractivity contribution in [3.63, 3.8) is 0 Å². The van der Waals surface area contributed by atoms with Crippen molar-refractivity contribution in [2.75, 3.05) is 24.3 Å². The Balaban J connectivity index is 1.63. The molecule has 1 aliphatic rings. The highest BCUT2D eigenvalue weighted by molar-refractivity contribution is 5.93. The summed E-state index contributed by atoms with van der Waals surface area (Å²) in [5.41, 5.74) is 9.04. The van der Waals surface area contributed by atoms with Gasteiger partial charge in [0.25, 0.3) is 0 Å². The molecule has 2 aromatic rings. The number of carbonyl (C=O) groups is 1. The fourth-order valence-electron chi connectivity index (χ4n) is 2.83. The van der Waals surface area contributed by atoms with Gasteiger partial charge in [0.05, 0.1) is 18.2 Å². The molecule has 1 heterocycles. The molecule has 0 saturated carbocycles. The lowest BCUT2D eigenvalue weighted by Crippen LogP contribution is -2.19. The van der Waals surface area contributed by atoms with E-state index in [2.05, 4.69) is 5.32 Å². The second-order valence-electron chi connectivity index (χ2n) is 6.41. The average Bonchev–Trinajstić information content (AvgIpc) is 3.10. The molecule has 0 bridgehead atoms. The Kier molecular flexibility index (Phi) is 5.56. The number of nitrogens with one attached hydrogen (secondary N) is 1. The first-order valence-corrected chi connectivity index (χ1v) is 8.59. The van der Waals surface area contributed by atoms with E-state index < -0.39 is 0 Å². The number of hydrogen-bond donors (Lipinski definition) is 2. The zero-order valence-corrected chi connectivity index (χ0v) is 14.5. The normalized spacial score (nSPS) is 16.6. The Morgan fingerprint density at radius 2 is 2.08 bits per heavy atom. The SMILES string of the molecule is Cc1ccc(NC(=O)Cc2ccc(N)cc2)c(OCC2CCCO2)c1. The minimum Gasteiger partial charge on any atom is -0.489 e. The molecule has 25 heavy (non-hydrogen) atoms. The zero-order chi connectivity index (χ0) is 17.6. The van der Waals surface area contributed by atoms with Crippen LogP contribution in [0.4, 0.5) is 11.4 Å². The lowest BCUT2D eigenvalue weighted by Gasteiger charge is -2.16. The molecule has 1 amide bonds. The van der Waals surface area contributed by atoms with E-state index in [1.165, 1.54) is 0 Å². The van der Waals surface area contributed by atoms with Crippen LogP contribution in [-0.2, 0) is 16.0 Å². The van der Waals surface area contributed by atoms with E-state index >= 15 is 0 Å². The topological polar surface area (TPSA) is 73.6 Å². The van der Waals surface area contributed by atoms with Gasteiger partial charge in [0, 0.05) is 12.3 Å². The first-order chi connectivity index (χ1) is 12.1. The molecular weight excluding hydrogens is 316 g/mol. The van der Waals surface area contributed by atoms with Gasteiger partial charge in [0.2, 0.25) is 5.91 Å². The molecule has 132 valence electrons. The molecule has 1 atom stereocenters. The van der Waals surface area contributed by atoms with Crippen LogP contribution in [0.25, 0.3) is 0 Å². The fourth-order valence-corrected chi connectivity index (χ4v) is 2.83. The molecule has 1 aliphatic heterocycles. The monoisotopic (exact) mass is 340 g/mol. The van der Waals surface area contributed by atoms with E-state index in [-0.39, 0.29) is 12.0 Å². The number of nitrogen functional groups attached to an aromatic ring is 1. The summed E-state index contributed by atoms with van der Waals surface area (Å²) in [5.74, 6) is 0.594. The Morgan fingerprint density at radius 3 is 2.80 bits per heavy atom. The lowest BCUT2D eigenvalue weighted by atomic mass is 10.1. The van der Waals surface area contributed by atoms with Gasteiger partial charge in [-0.1, -0.05) is 18.2 Å². The Hall–Kier alpha value is -2.53. The van der Waals surface area contributed by atoms with E-state index in [4.69, 9.17) is 15.2 Å². The van der Waals surface area contributed by atoms with Crippen molar-refractivity contribution in [1.82, 2.24) is 0 Å². The van der Waals surface area contributed by atoms with E-state index in [0.29, 0.717) is 30.2 Å². The molecule has 3 N–H and O–H groups in total. The van der Waals surface area contributed by atoms with Crippen LogP contribution in [0.5, 0.6) is 5.75 Å². The van der Waals surface area contributed by atoms with Gasteiger partial charge in [0.1, 0.15) is 12.4 Å². The van der Waals surface area contributed by atoms with Gasteiger partial charge in [-0.2, -0.15) is 0 Å². The number of rotatable bonds is 6. The number of amides is 1. The molecule has 2 aromatic carbocycles. The van der Waals surface area contributed by atoms with E-state index in [1.807, 2.05) is 37.3 Å². The standard InChI is InChI=1S/C20H24N2O3/c1-14-4-9-18(19(11-14)25-13-17-3-2-10-24-17)22-20(23)12-15-5-7-16(21)8-6-15/h4-9,11,17H,2-3,10,12-13,21H2,1H3,(H,22,23). The van der Waals surface area contributed by atoms with Gasteiger partial charge in [-0.05, 0) is 55.2 Å². The quantitative estimate of drug-likeness (QED) is 0.791. The van der Waals surface area contributed by atoms with Crippen molar-refractivity contribution in [3.05, 3.63) is 53.6 Å². The zero-order valence-electron chi connectivity index (χ0n) is 14.5. The number of ether oxygens (including phenoxy) is 2. The second-order valence-corrected chi connectivity index (χ2v) is 6.41. The molecular formula is C20H24N2O3. The summed E-state index contributed by atoms with van der Waals surface area (Å²) in [6.07, 6.45) is 2.52. The number of carbonyl (C=O) groups excluding carboxylic acids is 1. The highest BCUT2D eigenvalue weighted by Gasteiger charge is 2.17. The van der Waals surface area contributed by atoms with E-state index in [1.54, 1.807) is 12.1 Å². The first kappa shape index (κ1) is 17.3. The third-order valence-corrected chi connectivity index (χ3v) is 4.20. The molecule has 5 nitrogen and oxygen atoms in total. The van der Waals surface area contributed by atoms with Crippen LogP contribution >= 0.6 is 0 Å². The van der Waals surface area contributed by atoms with Crippen LogP contribution < -0.4 is 15.8 Å². The Morgan fingerprint density at radius 1 is 1.28 bits per heavy atom. The molecule has 1 saturated heterocycles. The minimum absolute atomic E-state index is 0.0874. The van der Waals surface area contributed by atoms with Crippen LogP contribution in [-0.4, -0.2) is 25.2 Å². The van der Waals surface area contributed by atoms with Gasteiger partial charge >= 0.3 is 0 Å². The third-order valence-electron chi connectivity index (χ3n) is 4.20. The van der Waals surface area contributed by atoms with Gasteiger partial charge in [-0.25, -0.2) is 0 Å². The summed E-state index contributed by atoms with van der Waals surface area (Å²) < 4.78 is 11.5. The summed E-state index contributed by atoms with van der Waals surface area (Å²) in [7, 11) is 0. The molecule has 1 unspecified atom stereocenters. The van der Waals surface area contributed by atoms with Crippen molar-refractivity contribution in [2.45, 2.75) is 32.3 Å². The molecule has 3 rings (SSSR count). The second kappa shape index (κ2) is 8.03. The molecule has 0 spiro atoms. The molecule has 0 radical (unpaired) electrons. The average molecular weight is 340 g/mol. The van der Waals surface area contributed by atoms with Crippen LogP contribution in [0.15, 0.2) is 42.5 Å². The highest BCUT2D eigenvalue weighted by atomic mass is 16.5. The lowest BCUT2D eigenvalue weighted by molar-refractivity contribution is -0.115. The number of aryl methyl sites for hydroxylation is 1. The number of hydrogen-bond acceptors (Lipinski definition) is 4. The first-order valence-electron chi connectivity index (χ1n) is 8.59. The smallest absolute Gasteiger partial charge is 0.228 e. The highest BCUT2D eigenvalue weighted by Crippen LogP contribution is 2.27. The summed E-state index contributed by atoms with van der Waals surface area (Å²) in [5, 5.41) is 2.94. The van der Waals surface area contributed by atoms with Gasteiger partial charge in [-0.3, -0.25) is 4.79 Å². The van der Waals surface area contributed by atoms with Gasteiger partial charge < -0.3 is 20.5 Å². The van der Waals surface area contributed by atoms with Crippen LogP contribution in [0, 0.1) is 6.92 Å². The Labute approximate surface area is 148 Å². The molecule has 0 aliphatic carbocycles. The number of benzene rings is 2. The molecule has 0 aromatic heterocycles. The van der Waals surface area contributed by atoms with Gasteiger partial charge in [-0.15, -0.1) is 0 Å². The summed E-state index contributed by atoms with van der Waals surface area (Å²) in [4.78, 5) is 12.3. The predicted molar refractivity (Wildman–Crippen MR) is 98.8 cm³/mol. The van der Waals surface area contributed by atoms with Crippen LogP contribution in [0.1, 0.15) is 24.0 Å². The van der Waals surface area contributed by atoms with E-state index in [0.717, 1.165) is 30.6 Å². The maximum Gasteiger partial charge on any atom is 0.228 e. The summed E-state index contributed by atoms with van der Waals surface area (Å²) >= 11 is 0. The van der Waals surface area contributed by atoms with Crippen molar-refractivity contribution in [1.29, 1.82) is 0 Å². The predicted octanol–water partition coefficient (Wildman–Crippen LogP) is 3.32. The van der Waals surface area contributed by atoms with Crippen LogP contribution in [0.2, 0.25) is 0 Å². The summed E-state index contributed by atoms with van der Waals surface area (Å²) in [6.45, 7) is 3.30. The Bertz CT molecular complexity index is 722. The van der Waals surface area contributed by atoms with Crippen molar-refractivity contribution < 1.29 is 14.3 Å². The number of anilines is 2. The summed E-state index contributed by atoms with van der Waals surface area (Å²) in [6, 6.07) is 13.1. The number of nitrogens with two attached hydrogens (primary N) is 1. The van der Waals surface area contributed by atoms with Crippen molar-refractivity contribution in [3.8, 4) is 5.75 Å². The largest absolute Gasteiger partial charge is 0.489 e. The maximum atomic E-state index is 12.3. The fraction of sp³-hybridized carbons (Fsp3) is 0.350. The maximum absolute atomic E-state index is 12.3. The van der Waals surface area contributed by atoms with Crippen molar-refractivity contribution in [2.24, 2.45) is 0 Å². The molecule has 5 heteroatoms. The van der Waals surface area contributed by atoms with Gasteiger partial charge in [0.15, 0.2) is 0 Å². The van der Waals surface area contributed by atoms with E-state index in [9.17, 15) is 4.79 Å². The minimum atomic E-state index is -0.0874. The molecule has 1 fully saturated rings. The van der Waals surface area contributed by atoms with Crippen LogP contribution in [0.3, 0.4) is 0 Å².